The van der Waals surface area contributed by atoms with Crippen LogP contribution >= 0.6 is 0 Å². The highest BCUT2D eigenvalue weighted by Gasteiger charge is 2.28. The molecule has 1 aromatic carbocycles. The summed E-state index contributed by atoms with van der Waals surface area (Å²) in [5.41, 5.74) is 0.810. The first-order valence-electron chi connectivity index (χ1n) is 7.69. The van der Waals surface area contributed by atoms with Gasteiger partial charge in [0.25, 0.3) is 0 Å². The van der Waals surface area contributed by atoms with Gasteiger partial charge in [0.05, 0.1) is 4.90 Å². The Morgan fingerprint density at radius 3 is 2.52 bits per heavy atom. The van der Waals surface area contributed by atoms with Crippen molar-refractivity contribution in [2.24, 2.45) is 11.8 Å². The second-order valence-corrected chi connectivity index (χ2v) is 7.91. The number of hydrogen-bond acceptors (Lipinski definition) is 3. The van der Waals surface area contributed by atoms with Crippen LogP contribution in [0.4, 0.5) is 0 Å². The average molecular weight is 310 g/mol. The molecule has 3 atom stereocenters. The van der Waals surface area contributed by atoms with E-state index in [1.165, 1.54) is 0 Å². The molecule has 0 aromatic heterocycles. The van der Waals surface area contributed by atoms with Gasteiger partial charge in [-0.25, -0.2) is 13.1 Å². The predicted octanol–water partition coefficient (Wildman–Crippen LogP) is 2.51. The predicted molar refractivity (Wildman–Crippen MR) is 85.5 cm³/mol. The molecule has 0 heterocycles. The molecule has 118 valence electrons. The van der Waals surface area contributed by atoms with Crippen LogP contribution in [0.25, 0.3) is 0 Å². The molecular weight excluding hydrogens is 284 g/mol. The van der Waals surface area contributed by atoms with E-state index in [0.29, 0.717) is 23.3 Å². The van der Waals surface area contributed by atoms with E-state index in [2.05, 4.69) is 23.9 Å². The zero-order valence-corrected chi connectivity index (χ0v) is 13.9. The van der Waals surface area contributed by atoms with Crippen molar-refractivity contribution in [3.63, 3.8) is 0 Å². The molecule has 21 heavy (non-hydrogen) atoms. The van der Waals surface area contributed by atoms with Crippen molar-refractivity contribution in [2.45, 2.75) is 50.6 Å². The molecule has 1 fully saturated rings. The second kappa shape index (κ2) is 6.90. The normalized spacial score (nSPS) is 26.7. The molecule has 2 rings (SSSR count). The fourth-order valence-corrected chi connectivity index (χ4v) is 4.56. The first-order chi connectivity index (χ1) is 9.94. The Labute approximate surface area is 128 Å². The maximum Gasteiger partial charge on any atom is 0.241 e. The number of hydrogen-bond donors (Lipinski definition) is 2. The summed E-state index contributed by atoms with van der Waals surface area (Å²) in [4.78, 5) is 0.394. The summed E-state index contributed by atoms with van der Waals surface area (Å²) >= 11 is 0. The van der Waals surface area contributed by atoms with Gasteiger partial charge in [-0.2, -0.15) is 0 Å². The largest absolute Gasteiger partial charge is 0.316 e. The quantitative estimate of drug-likeness (QED) is 0.878. The average Bonchev–Trinajstić information content (AvgIpc) is 2.43. The van der Waals surface area contributed by atoms with Crippen molar-refractivity contribution < 1.29 is 8.42 Å². The SMILES string of the molecule is CNCc1ccccc1S(=O)(=O)NC1CCC(C)C(C)C1. The number of rotatable bonds is 5. The summed E-state index contributed by atoms with van der Waals surface area (Å²) in [7, 11) is -1.62. The molecule has 1 aliphatic rings. The van der Waals surface area contributed by atoms with Crippen molar-refractivity contribution in [1.29, 1.82) is 0 Å². The molecule has 0 saturated heterocycles. The molecule has 0 amide bonds. The van der Waals surface area contributed by atoms with E-state index in [4.69, 9.17) is 0 Å². The van der Waals surface area contributed by atoms with Crippen molar-refractivity contribution in [1.82, 2.24) is 10.0 Å². The van der Waals surface area contributed by atoms with Crippen LogP contribution in [0.2, 0.25) is 0 Å². The third kappa shape index (κ3) is 4.05. The monoisotopic (exact) mass is 310 g/mol. The fourth-order valence-electron chi connectivity index (χ4n) is 3.04. The molecule has 5 heteroatoms. The van der Waals surface area contributed by atoms with Crippen LogP contribution in [0.1, 0.15) is 38.7 Å². The van der Waals surface area contributed by atoms with Gasteiger partial charge in [-0.15, -0.1) is 0 Å². The van der Waals surface area contributed by atoms with Gasteiger partial charge in [-0.3, -0.25) is 0 Å². The van der Waals surface area contributed by atoms with E-state index >= 15 is 0 Å². The Balaban J connectivity index is 2.15. The van der Waals surface area contributed by atoms with Gasteiger partial charge in [0.1, 0.15) is 0 Å². The minimum absolute atomic E-state index is 0.0591. The lowest BCUT2D eigenvalue weighted by Gasteiger charge is -2.32. The Bertz CT molecular complexity index is 571. The van der Waals surface area contributed by atoms with Crippen LogP contribution in [0.5, 0.6) is 0 Å². The Kier molecular flexibility index (Phi) is 5.41. The zero-order chi connectivity index (χ0) is 15.5. The maximum absolute atomic E-state index is 12.6. The summed E-state index contributed by atoms with van der Waals surface area (Å²) in [6.07, 6.45) is 2.94. The van der Waals surface area contributed by atoms with E-state index in [-0.39, 0.29) is 6.04 Å². The summed E-state index contributed by atoms with van der Waals surface area (Å²) in [5.74, 6) is 1.25. The molecule has 0 radical (unpaired) electrons. The summed E-state index contributed by atoms with van der Waals surface area (Å²) in [5, 5.41) is 3.02. The lowest BCUT2D eigenvalue weighted by atomic mass is 9.79. The highest BCUT2D eigenvalue weighted by molar-refractivity contribution is 7.89. The maximum atomic E-state index is 12.6. The van der Waals surface area contributed by atoms with E-state index in [9.17, 15) is 8.42 Å². The smallest absolute Gasteiger partial charge is 0.241 e. The Morgan fingerprint density at radius 1 is 1.14 bits per heavy atom. The van der Waals surface area contributed by atoms with E-state index in [0.717, 1.165) is 24.8 Å². The lowest BCUT2D eigenvalue weighted by molar-refractivity contribution is 0.242. The summed E-state index contributed by atoms with van der Waals surface area (Å²) in [6, 6.07) is 7.25. The van der Waals surface area contributed by atoms with Crippen molar-refractivity contribution in [3.8, 4) is 0 Å². The number of benzene rings is 1. The topological polar surface area (TPSA) is 58.2 Å². The number of nitrogens with one attached hydrogen (secondary N) is 2. The van der Waals surface area contributed by atoms with Crippen LogP contribution < -0.4 is 10.0 Å². The van der Waals surface area contributed by atoms with Crippen LogP contribution in [-0.2, 0) is 16.6 Å². The summed E-state index contributed by atoms with van der Waals surface area (Å²) < 4.78 is 28.2. The van der Waals surface area contributed by atoms with Crippen molar-refractivity contribution >= 4 is 10.0 Å². The molecule has 3 unspecified atom stereocenters. The van der Waals surface area contributed by atoms with Crippen LogP contribution in [0.15, 0.2) is 29.2 Å². The molecule has 0 spiro atoms. The highest BCUT2D eigenvalue weighted by Crippen LogP contribution is 2.30. The molecule has 0 bridgehead atoms. The molecule has 1 aliphatic carbocycles. The third-order valence-corrected chi connectivity index (χ3v) is 6.17. The minimum atomic E-state index is -3.44. The zero-order valence-electron chi connectivity index (χ0n) is 13.1. The van der Waals surface area contributed by atoms with Crippen molar-refractivity contribution in [2.75, 3.05) is 7.05 Å². The standard InChI is InChI=1S/C16H26N2O2S/c1-12-8-9-15(10-13(12)2)18-21(19,20)16-7-5-4-6-14(16)11-17-3/h4-7,12-13,15,17-18H,8-11H2,1-3H3. The minimum Gasteiger partial charge on any atom is -0.316 e. The van der Waals surface area contributed by atoms with Gasteiger partial charge in [0.15, 0.2) is 0 Å². The second-order valence-electron chi connectivity index (χ2n) is 6.22. The molecule has 4 nitrogen and oxygen atoms in total. The van der Waals surface area contributed by atoms with Gasteiger partial charge in [0.2, 0.25) is 10.0 Å². The van der Waals surface area contributed by atoms with Crippen LogP contribution in [0, 0.1) is 11.8 Å². The molecule has 1 saturated carbocycles. The lowest BCUT2D eigenvalue weighted by Crippen LogP contribution is -2.40. The van der Waals surface area contributed by atoms with Gasteiger partial charge < -0.3 is 5.32 Å². The van der Waals surface area contributed by atoms with Crippen LogP contribution in [0.3, 0.4) is 0 Å². The fraction of sp³-hybridized carbons (Fsp3) is 0.625. The summed E-state index contributed by atoms with van der Waals surface area (Å²) in [6.45, 7) is 5.01. The van der Waals surface area contributed by atoms with Gasteiger partial charge >= 0.3 is 0 Å². The van der Waals surface area contributed by atoms with Crippen molar-refractivity contribution in [3.05, 3.63) is 29.8 Å². The highest BCUT2D eigenvalue weighted by atomic mass is 32.2. The van der Waals surface area contributed by atoms with Gasteiger partial charge in [-0.1, -0.05) is 32.0 Å². The molecule has 2 N–H and O–H groups in total. The third-order valence-electron chi connectivity index (χ3n) is 4.55. The van der Waals surface area contributed by atoms with Gasteiger partial charge in [-0.05, 0) is 49.8 Å². The Morgan fingerprint density at radius 2 is 1.86 bits per heavy atom. The Hall–Kier alpha value is -0.910. The molecule has 1 aromatic rings. The van der Waals surface area contributed by atoms with E-state index < -0.39 is 10.0 Å². The van der Waals surface area contributed by atoms with Gasteiger partial charge in [0, 0.05) is 12.6 Å². The first-order valence-corrected chi connectivity index (χ1v) is 9.17. The first kappa shape index (κ1) is 16.5. The number of sulfonamides is 1. The van der Waals surface area contributed by atoms with E-state index in [1.54, 1.807) is 12.1 Å². The van der Waals surface area contributed by atoms with Crippen LogP contribution in [-0.4, -0.2) is 21.5 Å². The van der Waals surface area contributed by atoms with E-state index in [1.807, 2.05) is 19.2 Å². The molecule has 0 aliphatic heterocycles. The molecular formula is C16H26N2O2S.